The van der Waals surface area contributed by atoms with Crippen LogP contribution in [0, 0.1) is 20.8 Å². The zero-order chi connectivity index (χ0) is 19.5. The van der Waals surface area contributed by atoms with Gasteiger partial charge in [0.15, 0.2) is 5.65 Å². The van der Waals surface area contributed by atoms with E-state index in [1.165, 1.54) is 6.33 Å². The van der Waals surface area contributed by atoms with Crippen LogP contribution >= 0.6 is 0 Å². The molecule has 0 radical (unpaired) electrons. The number of nitrogen functional groups attached to an aromatic ring is 1. The predicted molar refractivity (Wildman–Crippen MR) is 109 cm³/mol. The molecule has 0 unspecified atom stereocenters. The summed E-state index contributed by atoms with van der Waals surface area (Å²) in [4.78, 5) is 13.5. The third-order valence-corrected chi connectivity index (χ3v) is 5.03. The fraction of sp³-hybridized carbons (Fsp3) is 0.190. The Labute approximate surface area is 157 Å². The van der Waals surface area contributed by atoms with Crippen molar-refractivity contribution in [1.29, 1.82) is 0 Å². The molecule has 0 spiro atoms. The Hall–Kier alpha value is -3.41. The SMILES string of the molecule is C=C(C)c1cc2c3c(N)ncnc3n(-c3c(C)ccc(O)c3C)c2nc1C. The summed E-state index contributed by atoms with van der Waals surface area (Å²) in [5, 5.41) is 11.9. The minimum atomic E-state index is 0.225. The van der Waals surface area contributed by atoms with Gasteiger partial charge in [-0.1, -0.05) is 12.6 Å². The second-order valence-corrected chi connectivity index (χ2v) is 6.94. The molecule has 6 nitrogen and oxygen atoms in total. The van der Waals surface area contributed by atoms with E-state index in [1.54, 1.807) is 6.07 Å². The number of anilines is 1. The summed E-state index contributed by atoms with van der Waals surface area (Å²) in [7, 11) is 0. The molecule has 4 rings (SSSR count). The number of hydrogen-bond donors (Lipinski definition) is 2. The summed E-state index contributed by atoms with van der Waals surface area (Å²) in [5.74, 6) is 0.625. The average Bonchev–Trinajstić information content (AvgIpc) is 2.92. The van der Waals surface area contributed by atoms with Crippen molar-refractivity contribution < 1.29 is 5.11 Å². The fourth-order valence-corrected chi connectivity index (χ4v) is 3.68. The summed E-state index contributed by atoms with van der Waals surface area (Å²) in [6.07, 6.45) is 1.45. The molecule has 27 heavy (non-hydrogen) atoms. The summed E-state index contributed by atoms with van der Waals surface area (Å²) in [6, 6.07) is 5.63. The standard InChI is InChI=1S/C21H21N5O/c1-10(2)14-8-15-17-19(22)23-9-24-21(17)26(20(15)25-13(14)5)18-11(3)6-7-16(27)12(18)4/h6-9,27H,1H2,2-5H3,(H2,22,23,24). The van der Waals surface area contributed by atoms with Crippen molar-refractivity contribution in [1.82, 2.24) is 19.5 Å². The summed E-state index contributed by atoms with van der Waals surface area (Å²) in [6.45, 7) is 11.9. The summed E-state index contributed by atoms with van der Waals surface area (Å²) < 4.78 is 1.96. The van der Waals surface area contributed by atoms with Crippen molar-refractivity contribution in [2.75, 3.05) is 5.73 Å². The van der Waals surface area contributed by atoms with Gasteiger partial charge in [-0.15, -0.1) is 0 Å². The number of pyridine rings is 1. The molecule has 0 amide bonds. The molecule has 136 valence electrons. The van der Waals surface area contributed by atoms with Gasteiger partial charge in [0.1, 0.15) is 23.5 Å². The fourth-order valence-electron chi connectivity index (χ4n) is 3.68. The van der Waals surface area contributed by atoms with Crippen LogP contribution in [0.4, 0.5) is 5.82 Å². The van der Waals surface area contributed by atoms with E-state index in [1.807, 2.05) is 44.4 Å². The van der Waals surface area contributed by atoms with Crippen molar-refractivity contribution in [3.05, 3.63) is 53.5 Å². The van der Waals surface area contributed by atoms with Crippen LogP contribution in [0.3, 0.4) is 0 Å². The first-order chi connectivity index (χ1) is 12.8. The van der Waals surface area contributed by atoms with Gasteiger partial charge in [-0.05, 0) is 56.5 Å². The number of nitrogens with two attached hydrogens (primary N) is 1. The van der Waals surface area contributed by atoms with E-state index in [0.717, 1.165) is 50.1 Å². The van der Waals surface area contributed by atoms with Crippen LogP contribution < -0.4 is 5.73 Å². The van der Waals surface area contributed by atoms with Crippen LogP contribution in [0.25, 0.3) is 33.3 Å². The molecule has 1 aromatic carbocycles. The monoisotopic (exact) mass is 359 g/mol. The van der Waals surface area contributed by atoms with E-state index in [0.29, 0.717) is 11.5 Å². The van der Waals surface area contributed by atoms with Crippen LogP contribution in [-0.2, 0) is 0 Å². The lowest BCUT2D eigenvalue weighted by atomic mass is 10.1. The molecule has 3 N–H and O–H groups in total. The first kappa shape index (κ1) is 17.0. The smallest absolute Gasteiger partial charge is 0.152 e. The maximum atomic E-state index is 10.3. The van der Waals surface area contributed by atoms with E-state index >= 15 is 0 Å². The molecular formula is C21H21N5O. The van der Waals surface area contributed by atoms with Gasteiger partial charge >= 0.3 is 0 Å². The highest BCUT2D eigenvalue weighted by molar-refractivity contribution is 6.12. The van der Waals surface area contributed by atoms with Gasteiger partial charge in [0.2, 0.25) is 0 Å². The van der Waals surface area contributed by atoms with Gasteiger partial charge in [-0.3, -0.25) is 4.57 Å². The topological polar surface area (TPSA) is 89.8 Å². The van der Waals surface area contributed by atoms with E-state index in [2.05, 4.69) is 16.5 Å². The molecule has 4 aromatic rings. The van der Waals surface area contributed by atoms with Gasteiger partial charge in [0, 0.05) is 16.6 Å². The van der Waals surface area contributed by atoms with E-state index in [-0.39, 0.29) is 5.75 Å². The molecule has 0 atom stereocenters. The lowest BCUT2D eigenvalue weighted by Crippen LogP contribution is -2.04. The minimum absolute atomic E-state index is 0.225. The van der Waals surface area contributed by atoms with Gasteiger partial charge < -0.3 is 10.8 Å². The van der Waals surface area contributed by atoms with Crippen LogP contribution in [0.2, 0.25) is 0 Å². The first-order valence-corrected chi connectivity index (χ1v) is 8.69. The number of aromatic nitrogens is 4. The van der Waals surface area contributed by atoms with E-state index < -0.39 is 0 Å². The average molecular weight is 359 g/mol. The summed E-state index contributed by atoms with van der Waals surface area (Å²) in [5.41, 5.74) is 13.0. The van der Waals surface area contributed by atoms with Crippen molar-refractivity contribution in [2.24, 2.45) is 0 Å². The normalized spacial score (nSPS) is 11.4. The Morgan fingerprint density at radius 3 is 2.59 bits per heavy atom. The molecule has 0 aliphatic heterocycles. The number of benzene rings is 1. The number of fused-ring (bicyclic) bond motifs is 3. The molecule has 0 fully saturated rings. The van der Waals surface area contributed by atoms with Crippen LogP contribution in [0.15, 0.2) is 31.1 Å². The van der Waals surface area contributed by atoms with Crippen LogP contribution in [0.1, 0.15) is 29.3 Å². The molecule has 3 aromatic heterocycles. The number of allylic oxidation sites excluding steroid dienone is 1. The Morgan fingerprint density at radius 2 is 1.89 bits per heavy atom. The number of phenols is 1. The largest absolute Gasteiger partial charge is 0.508 e. The van der Waals surface area contributed by atoms with Crippen molar-refractivity contribution in [3.63, 3.8) is 0 Å². The molecule has 0 saturated carbocycles. The molecule has 0 bridgehead atoms. The first-order valence-electron chi connectivity index (χ1n) is 8.69. The third-order valence-electron chi connectivity index (χ3n) is 5.03. The highest BCUT2D eigenvalue weighted by atomic mass is 16.3. The molecule has 3 heterocycles. The lowest BCUT2D eigenvalue weighted by molar-refractivity contribution is 0.470. The number of hydrogen-bond acceptors (Lipinski definition) is 5. The Kier molecular flexibility index (Phi) is 3.66. The number of aromatic hydroxyl groups is 1. The molecular weight excluding hydrogens is 338 g/mol. The quantitative estimate of drug-likeness (QED) is 0.559. The van der Waals surface area contributed by atoms with Crippen LogP contribution in [0.5, 0.6) is 5.75 Å². The maximum absolute atomic E-state index is 10.3. The van der Waals surface area contributed by atoms with Crippen molar-refractivity contribution in [3.8, 4) is 11.4 Å². The minimum Gasteiger partial charge on any atom is -0.508 e. The van der Waals surface area contributed by atoms with Gasteiger partial charge in [0.25, 0.3) is 0 Å². The van der Waals surface area contributed by atoms with Crippen LogP contribution in [-0.4, -0.2) is 24.6 Å². The number of aryl methyl sites for hydroxylation is 2. The lowest BCUT2D eigenvalue weighted by Gasteiger charge is -2.15. The highest BCUT2D eigenvalue weighted by Gasteiger charge is 2.22. The third kappa shape index (κ3) is 2.37. The molecule has 0 saturated heterocycles. The second-order valence-electron chi connectivity index (χ2n) is 6.94. The zero-order valence-corrected chi connectivity index (χ0v) is 15.8. The van der Waals surface area contributed by atoms with Gasteiger partial charge in [-0.25, -0.2) is 15.0 Å². The van der Waals surface area contributed by atoms with E-state index in [9.17, 15) is 5.11 Å². The Balaban J connectivity index is 2.28. The second kappa shape index (κ2) is 5.81. The van der Waals surface area contributed by atoms with Crippen molar-refractivity contribution in [2.45, 2.75) is 27.7 Å². The Morgan fingerprint density at radius 1 is 1.15 bits per heavy atom. The Bertz CT molecular complexity index is 1250. The highest BCUT2D eigenvalue weighted by Crippen LogP contribution is 2.37. The molecule has 6 heteroatoms. The maximum Gasteiger partial charge on any atom is 0.152 e. The van der Waals surface area contributed by atoms with Crippen molar-refractivity contribution >= 4 is 33.5 Å². The number of rotatable bonds is 2. The molecule has 0 aliphatic rings. The zero-order valence-electron chi connectivity index (χ0n) is 15.8. The molecule has 0 aliphatic carbocycles. The number of nitrogens with zero attached hydrogens (tertiary/aromatic N) is 4. The summed E-state index contributed by atoms with van der Waals surface area (Å²) >= 11 is 0. The number of phenolic OH excluding ortho intramolecular Hbond substituents is 1. The van der Waals surface area contributed by atoms with E-state index in [4.69, 9.17) is 10.7 Å². The van der Waals surface area contributed by atoms with Gasteiger partial charge in [0.05, 0.1) is 11.1 Å². The predicted octanol–water partition coefficient (Wildman–Crippen LogP) is 4.21. The van der Waals surface area contributed by atoms with Gasteiger partial charge in [-0.2, -0.15) is 0 Å².